The number of fused-ring (bicyclic) bond motifs is 12. The van der Waals surface area contributed by atoms with Gasteiger partial charge in [0.05, 0.1) is 59.3 Å². The minimum Gasteiger partial charge on any atom is -1.00 e. The molecule has 0 radical (unpaired) electrons. The van der Waals surface area contributed by atoms with Crippen LogP contribution in [-0.4, -0.2) is 142 Å². The smallest absolute Gasteiger partial charge is 1.00 e. The van der Waals surface area contributed by atoms with Crippen LogP contribution in [0.3, 0.4) is 0 Å². The Bertz CT molecular complexity index is 3590. The van der Waals surface area contributed by atoms with Gasteiger partial charge >= 0.3 is 53.4 Å². The zero-order valence-electron chi connectivity index (χ0n) is 67.9. The minimum absolute atomic E-state index is 0. The largest absolute Gasteiger partial charge is 1.00 e. The maximum atomic E-state index is 12.6. The average Bonchev–Trinajstić information content (AvgIpc) is 0.754. The molecule has 4 fully saturated rings. The topological polar surface area (TPSA) is 343 Å². The van der Waals surface area contributed by atoms with Crippen molar-refractivity contribution in [2.75, 3.05) is 13.2 Å². The second kappa shape index (κ2) is 33.7. The first-order valence-electron chi connectivity index (χ1n) is 38.3. The van der Waals surface area contributed by atoms with E-state index in [-0.39, 0.29) is 138 Å². The summed E-state index contributed by atoms with van der Waals surface area (Å²) in [4.78, 5) is 56.4. The second-order valence-corrected chi connectivity index (χ2v) is 35.3. The van der Waals surface area contributed by atoms with Gasteiger partial charge in [0, 0.05) is 69.6 Å². The second-order valence-electron chi connectivity index (χ2n) is 35.3. The van der Waals surface area contributed by atoms with Crippen LogP contribution in [0.15, 0.2) is 48.5 Å². The number of phenolic OH excluding ortho intramolecular Hbond substituents is 4. The van der Waals surface area contributed by atoms with E-state index in [1.807, 2.05) is 74.3 Å². The molecule has 4 aromatic rings. The van der Waals surface area contributed by atoms with Crippen LogP contribution >= 0.6 is 0 Å². The molecule has 4 aliphatic heterocycles. The van der Waals surface area contributed by atoms with Crippen molar-refractivity contribution in [2.24, 2.45) is 23.7 Å². The number of carbonyl (C=O) groups is 5. The van der Waals surface area contributed by atoms with Crippen LogP contribution in [0.1, 0.15) is 297 Å². The molecule has 22 heteroatoms. The van der Waals surface area contributed by atoms with Gasteiger partial charge in [0.15, 0.2) is 0 Å². The van der Waals surface area contributed by atoms with Gasteiger partial charge in [0.1, 0.15) is 75.2 Å². The summed E-state index contributed by atoms with van der Waals surface area (Å²) in [5, 5.41) is 103. The van der Waals surface area contributed by atoms with Gasteiger partial charge in [-0.15, -0.1) is 0 Å². The number of rotatable bonds is 14. The van der Waals surface area contributed by atoms with Gasteiger partial charge in [0.2, 0.25) is 0 Å². The number of aromatic hydroxyl groups is 4. The monoisotopic (exact) mass is 1500 g/mol. The van der Waals surface area contributed by atoms with E-state index in [0.717, 1.165) is 88.2 Å². The van der Waals surface area contributed by atoms with Crippen molar-refractivity contribution in [1.29, 1.82) is 0 Å². The summed E-state index contributed by atoms with van der Waals surface area (Å²) >= 11 is 0. The third-order valence-corrected chi connectivity index (χ3v) is 24.8. The molecule has 0 amide bonds. The molecule has 10 N–H and O–H groups in total. The molecule has 0 spiro atoms. The number of carbonyl (C=O) groups excluding carboxylic acids is 3. The van der Waals surface area contributed by atoms with Gasteiger partial charge in [-0.05, 0) is 271 Å². The van der Waals surface area contributed by atoms with Gasteiger partial charge < -0.3 is 85.7 Å². The van der Waals surface area contributed by atoms with Crippen LogP contribution in [0.2, 0.25) is 0 Å². The van der Waals surface area contributed by atoms with E-state index >= 15 is 0 Å². The Kier molecular flexibility index (Phi) is 27.7. The fraction of sp³-hybridized carbons (Fsp3) is 0.659. The van der Waals surface area contributed by atoms with Gasteiger partial charge in [-0.3, -0.25) is 19.2 Å². The zero-order chi connectivity index (χ0) is 79.1. The summed E-state index contributed by atoms with van der Waals surface area (Å²) in [5.41, 5.74) is -0.329. The van der Waals surface area contributed by atoms with Crippen molar-refractivity contribution < 1.29 is 134 Å². The first-order valence-corrected chi connectivity index (χ1v) is 38.3. The quantitative estimate of drug-likeness (QED) is 0.0318. The maximum Gasteiger partial charge on any atom is 1.00 e. The van der Waals surface area contributed by atoms with Gasteiger partial charge in [0.25, 0.3) is 0 Å². The molecule has 21 nitrogen and oxygen atoms in total. The first-order chi connectivity index (χ1) is 49.2. The number of aliphatic carboxylic acids is 2. The van der Waals surface area contributed by atoms with Crippen molar-refractivity contribution in [3.05, 3.63) is 93.0 Å². The summed E-state index contributed by atoms with van der Waals surface area (Å²) in [6.07, 6.45) is 11.0. The summed E-state index contributed by atoms with van der Waals surface area (Å²) in [7, 11) is 0. The number of unbranched alkanes of at least 4 members (excludes halogenated alkanes) is 2. The van der Waals surface area contributed by atoms with E-state index in [0.29, 0.717) is 95.3 Å². The third kappa shape index (κ3) is 18.3. The van der Waals surface area contributed by atoms with E-state index in [4.69, 9.17) is 33.2 Å². The zero-order valence-corrected chi connectivity index (χ0v) is 68.9. The SMILES string of the molecule is C=O.CC(C)(C(=O)O)c1cc(O)c2c(c1)OC(C)(C)C1CCC(O)C[C@@H]21.CC(C)(C(=O)O)c1cc(O)c2c(c1)OC(C)(C)C1CC[C@@H](O)C[C@@H]21.CCCCOC(=O)C(C)(C)c1cc(O)c2c(c1)OC(C)(C)C1CCC(O)C[C@@H]21.CCCCOC(=O)C(C)(C)c1cc(O)c2c(c1)OC(C)(C)C1CC[C@@H](O)C[C@@H]21.[H-].[Na+]. The number of carboxylic acid groups (broad SMARTS) is 2. The summed E-state index contributed by atoms with van der Waals surface area (Å²) in [6.45, 7) is 37.0. The number of aliphatic hydroxyl groups is 4. The third-order valence-electron chi connectivity index (χ3n) is 24.8. The molecular weight excluding hydrogens is 1380 g/mol. The van der Waals surface area contributed by atoms with Crippen LogP contribution in [-0.2, 0) is 55.1 Å². The number of hydrogen-bond donors (Lipinski definition) is 10. The number of benzene rings is 4. The van der Waals surface area contributed by atoms with Crippen LogP contribution < -0.4 is 48.5 Å². The minimum atomic E-state index is -1.12. The predicted molar refractivity (Wildman–Crippen MR) is 403 cm³/mol. The molecule has 0 aromatic heterocycles. The summed E-state index contributed by atoms with van der Waals surface area (Å²) in [6, 6.07) is 13.6. The molecule has 12 rings (SSSR count). The van der Waals surface area contributed by atoms with Crippen molar-refractivity contribution >= 4 is 30.7 Å². The molecular formula is C85H123NaO21. The molecule has 4 aliphatic carbocycles. The number of esters is 2. The number of carboxylic acids is 2. The fourth-order valence-electron chi connectivity index (χ4n) is 17.8. The molecule has 8 aliphatic rings. The van der Waals surface area contributed by atoms with Crippen LogP contribution in [0.25, 0.3) is 0 Å². The first kappa shape index (κ1) is 87.9. The number of ether oxygens (including phenoxy) is 6. The standard InChI is InChI=1S/2C23H34O5.2C19H26O5.CH2O.Na.H/c2*1-6-7-10-27-21(26)22(2,3)14-11-18(25)20-16-13-15(24)8-9-17(16)23(4,5)28-19(20)12-14;2*1-18(2,17(22)23)10-7-14(21)16-12-9-11(20)5-6-13(12)19(3,4)24-15(16)8-10;1-2;;/h2*11-12,15-17,24-25H,6-10,13H2,1-5H3;2*7-8,11-13,20-21H,5-6,9H2,1-4H3,(H,22,23);1H2;;/q;;;;;+1;-1/t15?,16-,17?;15-,16-,17?;11?,12-,13?;11-,12-,13?;;;/m1111.../s1. The molecule has 0 bridgehead atoms. The summed E-state index contributed by atoms with van der Waals surface area (Å²) < 4.78 is 35.9. The van der Waals surface area contributed by atoms with E-state index in [2.05, 4.69) is 41.5 Å². The van der Waals surface area contributed by atoms with E-state index < -0.39 is 56.0 Å². The summed E-state index contributed by atoms with van der Waals surface area (Å²) in [5.74, 6) is 1.28. The van der Waals surface area contributed by atoms with Gasteiger partial charge in [-0.1, -0.05) is 26.7 Å². The molecule has 6 unspecified atom stereocenters. The molecule has 4 saturated carbocycles. The van der Waals surface area contributed by atoms with Crippen molar-refractivity contribution in [3.8, 4) is 46.0 Å². The maximum absolute atomic E-state index is 12.6. The Balaban J connectivity index is 0.000000223. The van der Waals surface area contributed by atoms with Crippen molar-refractivity contribution in [3.63, 3.8) is 0 Å². The molecule has 0 saturated heterocycles. The molecule has 12 atom stereocenters. The Labute approximate surface area is 656 Å². The van der Waals surface area contributed by atoms with Crippen LogP contribution in [0, 0.1) is 23.7 Å². The van der Waals surface area contributed by atoms with E-state index in [1.54, 1.807) is 52.0 Å². The van der Waals surface area contributed by atoms with E-state index in [1.165, 1.54) is 12.1 Å². The molecule has 107 heavy (non-hydrogen) atoms. The molecule has 4 aromatic carbocycles. The van der Waals surface area contributed by atoms with Crippen molar-refractivity contribution in [1.82, 2.24) is 0 Å². The van der Waals surface area contributed by atoms with Gasteiger partial charge in [-0.2, -0.15) is 0 Å². The number of aliphatic hydroxyl groups excluding tert-OH is 4. The van der Waals surface area contributed by atoms with Crippen LogP contribution in [0.4, 0.5) is 0 Å². The number of hydrogen-bond acceptors (Lipinski definition) is 19. The van der Waals surface area contributed by atoms with Gasteiger partial charge in [-0.25, -0.2) is 0 Å². The Hall–Kier alpha value is -6.33. The normalized spacial score (nSPS) is 26.4. The van der Waals surface area contributed by atoms with Crippen molar-refractivity contribution in [2.45, 2.75) is 320 Å². The van der Waals surface area contributed by atoms with E-state index in [9.17, 15) is 70.2 Å². The average molecular weight is 1500 g/mol. The molecule has 4 heterocycles. The number of phenols is 4. The predicted octanol–water partition coefficient (Wildman–Crippen LogP) is 12.1. The van der Waals surface area contributed by atoms with Crippen LogP contribution in [0.5, 0.6) is 46.0 Å². The Morgan fingerprint density at radius 1 is 0.402 bits per heavy atom. The molecule has 590 valence electrons. The fourth-order valence-corrected chi connectivity index (χ4v) is 17.8. The Morgan fingerprint density at radius 3 is 0.804 bits per heavy atom. The Morgan fingerprint density at radius 2 is 0.607 bits per heavy atom.